The summed E-state index contributed by atoms with van der Waals surface area (Å²) >= 11 is 0. The number of benzene rings is 2. The van der Waals surface area contributed by atoms with Gasteiger partial charge in [-0.25, -0.2) is 12.7 Å². The van der Waals surface area contributed by atoms with Crippen LogP contribution in [0.5, 0.6) is 5.75 Å². The van der Waals surface area contributed by atoms with Crippen LogP contribution in [0.2, 0.25) is 0 Å². The maximum Gasteiger partial charge on any atom is 0.246 e. The highest BCUT2D eigenvalue weighted by molar-refractivity contribution is 7.89. The van der Waals surface area contributed by atoms with Gasteiger partial charge < -0.3 is 9.64 Å². The minimum Gasteiger partial charge on any atom is -0.491 e. The van der Waals surface area contributed by atoms with Crippen LogP contribution in [0.3, 0.4) is 0 Å². The summed E-state index contributed by atoms with van der Waals surface area (Å²) in [4.78, 5) is 16.1. The lowest BCUT2D eigenvalue weighted by Crippen LogP contribution is -2.32. The molecule has 0 bridgehead atoms. The smallest absolute Gasteiger partial charge is 0.246 e. The number of carbonyl (C=O) groups is 1. The molecule has 0 amide bonds. The molecule has 2 aromatic carbocycles. The van der Waals surface area contributed by atoms with Crippen molar-refractivity contribution in [1.82, 2.24) is 9.21 Å². The topological polar surface area (TPSA) is 90.7 Å². The third-order valence-electron chi connectivity index (χ3n) is 7.47. The van der Waals surface area contributed by atoms with Crippen LogP contribution in [0, 0.1) is 11.3 Å². The van der Waals surface area contributed by atoms with Crippen molar-refractivity contribution in [3.8, 4) is 11.8 Å². The van der Waals surface area contributed by atoms with Gasteiger partial charge in [-0.2, -0.15) is 5.26 Å². The lowest BCUT2D eigenvalue weighted by molar-refractivity contribution is 0.105. The molecule has 0 saturated carbocycles. The largest absolute Gasteiger partial charge is 0.491 e. The van der Waals surface area contributed by atoms with Crippen molar-refractivity contribution in [2.75, 3.05) is 40.3 Å². The first-order valence-electron chi connectivity index (χ1n) is 12.2. The molecule has 0 aliphatic heterocycles. The number of nitrogens with zero attached hydrogens (tertiary/aromatic N) is 3. The van der Waals surface area contributed by atoms with E-state index in [2.05, 4.69) is 38.7 Å². The summed E-state index contributed by atoms with van der Waals surface area (Å²) in [5.74, 6) is 0.0782. The third kappa shape index (κ3) is 4.15. The molecule has 0 aromatic heterocycles. The molecule has 0 fully saturated rings. The number of hydrogen-bond donors (Lipinski definition) is 0. The zero-order valence-electron chi connectivity index (χ0n) is 21.8. The Morgan fingerprint density at radius 2 is 1.78 bits per heavy atom. The minimum absolute atomic E-state index is 0.00274. The van der Waals surface area contributed by atoms with Crippen molar-refractivity contribution in [1.29, 1.82) is 5.26 Å². The SMILES string of the molecule is CCN(CC)CCOc1cc2c(cc1S(=O)(=O)N(C)C)C(=O)C1=C(Cc3cc(C#N)ccc31)C2(C)C. The van der Waals surface area contributed by atoms with Gasteiger partial charge in [0, 0.05) is 37.2 Å². The Hall–Kier alpha value is -2.99. The lowest BCUT2D eigenvalue weighted by atomic mass is 9.68. The first-order chi connectivity index (χ1) is 17.0. The second-order valence-electron chi connectivity index (χ2n) is 9.98. The maximum absolute atomic E-state index is 13.9. The Morgan fingerprint density at radius 1 is 1.08 bits per heavy atom. The summed E-state index contributed by atoms with van der Waals surface area (Å²) in [6, 6.07) is 10.8. The number of likely N-dealkylation sites (N-methyl/N-ethyl adjacent to an activating group) is 1. The van der Waals surface area contributed by atoms with Gasteiger partial charge in [-0.05, 0) is 66.0 Å². The number of nitriles is 1. The highest BCUT2D eigenvalue weighted by Crippen LogP contribution is 2.51. The molecule has 2 aromatic rings. The molecule has 0 radical (unpaired) electrons. The summed E-state index contributed by atoms with van der Waals surface area (Å²) in [6.07, 6.45) is 0.578. The van der Waals surface area contributed by atoms with Crippen molar-refractivity contribution in [3.05, 3.63) is 63.7 Å². The molecular weight excluding hydrogens is 474 g/mol. The van der Waals surface area contributed by atoms with Crippen LogP contribution in [0.25, 0.3) is 5.57 Å². The van der Waals surface area contributed by atoms with Gasteiger partial charge in [-0.3, -0.25) is 4.79 Å². The van der Waals surface area contributed by atoms with Gasteiger partial charge in [0.2, 0.25) is 10.0 Å². The van der Waals surface area contributed by atoms with Crippen LogP contribution < -0.4 is 4.74 Å². The summed E-state index contributed by atoms with van der Waals surface area (Å²) in [5.41, 5.74) is 4.55. The first-order valence-corrected chi connectivity index (χ1v) is 13.7. The molecule has 8 heteroatoms. The van der Waals surface area contributed by atoms with Crippen molar-refractivity contribution in [2.45, 2.75) is 44.4 Å². The lowest BCUT2D eigenvalue weighted by Gasteiger charge is -2.35. The van der Waals surface area contributed by atoms with Crippen LogP contribution >= 0.6 is 0 Å². The predicted molar refractivity (Wildman–Crippen MR) is 140 cm³/mol. The molecule has 0 spiro atoms. The van der Waals surface area contributed by atoms with Crippen LogP contribution in [0.1, 0.15) is 60.3 Å². The van der Waals surface area contributed by atoms with Gasteiger partial charge in [0.25, 0.3) is 0 Å². The molecule has 7 nitrogen and oxygen atoms in total. The second-order valence-corrected chi connectivity index (χ2v) is 12.1. The van der Waals surface area contributed by atoms with E-state index < -0.39 is 15.4 Å². The number of rotatable bonds is 8. The minimum atomic E-state index is -3.86. The van der Waals surface area contributed by atoms with Crippen LogP contribution in [0.15, 0.2) is 40.8 Å². The summed E-state index contributed by atoms with van der Waals surface area (Å²) in [6.45, 7) is 11.0. The number of fused-ring (bicyclic) bond motifs is 3. The van der Waals surface area contributed by atoms with Gasteiger partial charge in [0.05, 0.1) is 11.6 Å². The van der Waals surface area contributed by atoms with Gasteiger partial charge in [-0.15, -0.1) is 0 Å². The summed E-state index contributed by atoms with van der Waals surface area (Å²) in [5, 5.41) is 9.33. The van der Waals surface area contributed by atoms with E-state index in [4.69, 9.17) is 4.74 Å². The molecule has 190 valence electrons. The molecule has 0 unspecified atom stereocenters. The standard InChI is InChI=1S/C28H33N3O4S/c1-7-31(8-2)11-12-35-24-16-22-21(15-25(24)36(33,34)30(5)6)27(32)26-20-10-9-18(17-29)13-19(20)14-23(26)28(22,3)4/h9-10,13,15-16H,7-8,11-12,14H2,1-6H3. The van der Waals surface area contributed by atoms with E-state index in [1.807, 2.05) is 12.1 Å². The quantitative estimate of drug-likeness (QED) is 0.536. The zero-order valence-corrected chi connectivity index (χ0v) is 22.6. The monoisotopic (exact) mass is 507 g/mol. The number of allylic oxidation sites excluding steroid dienone is 2. The fourth-order valence-electron chi connectivity index (χ4n) is 5.19. The van der Waals surface area contributed by atoms with Gasteiger partial charge in [0.1, 0.15) is 17.3 Å². The molecule has 4 rings (SSSR count). The van der Waals surface area contributed by atoms with E-state index >= 15 is 0 Å². The number of carbonyl (C=O) groups excluding carboxylic acids is 1. The summed E-state index contributed by atoms with van der Waals surface area (Å²) < 4.78 is 33.8. The van der Waals surface area contributed by atoms with E-state index in [9.17, 15) is 18.5 Å². The Morgan fingerprint density at radius 3 is 2.39 bits per heavy atom. The highest BCUT2D eigenvalue weighted by Gasteiger charge is 2.44. The van der Waals surface area contributed by atoms with Gasteiger partial charge >= 0.3 is 0 Å². The van der Waals surface area contributed by atoms with Crippen molar-refractivity contribution < 1.29 is 17.9 Å². The fraction of sp³-hybridized carbons (Fsp3) is 0.429. The third-order valence-corrected chi connectivity index (χ3v) is 9.31. The Bertz CT molecular complexity index is 1410. The number of ether oxygens (including phenoxy) is 1. The Kier molecular flexibility index (Phi) is 6.86. The fourth-order valence-corrected chi connectivity index (χ4v) is 6.22. The van der Waals surface area contributed by atoms with Crippen LogP contribution in [-0.2, 0) is 21.9 Å². The van der Waals surface area contributed by atoms with Crippen LogP contribution in [0.4, 0.5) is 0 Å². The molecule has 2 aliphatic rings. The normalized spacial score (nSPS) is 16.1. The van der Waals surface area contributed by atoms with E-state index in [0.717, 1.165) is 39.7 Å². The number of ketones is 1. The Labute approximate surface area is 214 Å². The van der Waals surface area contributed by atoms with E-state index in [1.54, 1.807) is 12.1 Å². The molecule has 0 saturated heterocycles. The van der Waals surface area contributed by atoms with Gasteiger partial charge in [0.15, 0.2) is 5.78 Å². The van der Waals surface area contributed by atoms with E-state index in [-0.39, 0.29) is 16.4 Å². The predicted octanol–water partition coefficient (Wildman–Crippen LogP) is 4.01. The first kappa shape index (κ1) is 26.1. The van der Waals surface area contributed by atoms with E-state index in [0.29, 0.717) is 36.3 Å². The molecule has 0 heterocycles. The average Bonchev–Trinajstić information content (AvgIpc) is 3.25. The average molecular weight is 508 g/mol. The number of hydrogen-bond acceptors (Lipinski definition) is 6. The Balaban J connectivity index is 1.85. The maximum atomic E-state index is 13.9. The molecule has 36 heavy (non-hydrogen) atoms. The summed E-state index contributed by atoms with van der Waals surface area (Å²) in [7, 11) is -0.919. The second kappa shape index (κ2) is 9.47. The zero-order chi connectivity index (χ0) is 26.4. The molecular formula is C28H33N3O4S. The van der Waals surface area contributed by atoms with E-state index in [1.165, 1.54) is 20.2 Å². The van der Waals surface area contributed by atoms with Crippen molar-refractivity contribution >= 4 is 21.4 Å². The molecule has 2 aliphatic carbocycles. The van der Waals surface area contributed by atoms with Crippen molar-refractivity contribution in [2.24, 2.45) is 0 Å². The highest BCUT2D eigenvalue weighted by atomic mass is 32.2. The molecule has 0 N–H and O–H groups in total. The van der Waals surface area contributed by atoms with Gasteiger partial charge in [-0.1, -0.05) is 33.8 Å². The number of sulfonamides is 1. The van der Waals surface area contributed by atoms with Crippen LogP contribution in [-0.4, -0.2) is 63.7 Å². The molecule has 0 atom stereocenters. The van der Waals surface area contributed by atoms with Crippen molar-refractivity contribution in [3.63, 3.8) is 0 Å². The number of Topliss-reactive ketones (excluding diaryl/α,β-unsaturated/α-hetero) is 1.